The number of rotatable bonds is 3. The molecule has 2 aliphatic rings. The maximum atomic E-state index is 13.4. The van der Waals surface area contributed by atoms with Gasteiger partial charge in [-0.05, 0) is 35.8 Å². The van der Waals surface area contributed by atoms with E-state index < -0.39 is 0 Å². The van der Waals surface area contributed by atoms with E-state index in [0.717, 1.165) is 37.1 Å². The van der Waals surface area contributed by atoms with E-state index in [4.69, 9.17) is 0 Å². The van der Waals surface area contributed by atoms with Crippen molar-refractivity contribution in [3.05, 3.63) is 28.8 Å². The van der Waals surface area contributed by atoms with Gasteiger partial charge in [-0.2, -0.15) is 0 Å². The van der Waals surface area contributed by atoms with Crippen LogP contribution in [0, 0.1) is 0 Å². The molecule has 6 heteroatoms. The number of hydrogen-bond donors (Lipinski definition) is 1. The Bertz CT molecular complexity index is 786. The Labute approximate surface area is 187 Å². The fourth-order valence-electron chi connectivity index (χ4n) is 4.45. The van der Waals surface area contributed by atoms with Gasteiger partial charge < -0.3 is 14.9 Å². The minimum Gasteiger partial charge on any atom is -0.507 e. The smallest absolute Gasteiger partial charge is 0.253 e. The zero-order valence-corrected chi connectivity index (χ0v) is 20.1. The Morgan fingerprint density at radius 1 is 0.806 bits per heavy atom. The number of amides is 2. The fourth-order valence-corrected chi connectivity index (χ4v) is 4.45. The largest absolute Gasteiger partial charge is 0.507 e. The second-order valence-electron chi connectivity index (χ2n) is 11.1. The molecule has 1 N–H and O–H groups in total. The molecule has 2 heterocycles. The Kier molecular flexibility index (Phi) is 6.70. The number of nitrogens with zero attached hydrogens (tertiary/aromatic N) is 3. The van der Waals surface area contributed by atoms with E-state index in [1.54, 1.807) is 0 Å². The third-order valence-electron chi connectivity index (χ3n) is 6.45. The third-order valence-corrected chi connectivity index (χ3v) is 6.45. The predicted molar refractivity (Wildman–Crippen MR) is 124 cm³/mol. The van der Waals surface area contributed by atoms with Crippen molar-refractivity contribution in [1.29, 1.82) is 0 Å². The first-order valence-corrected chi connectivity index (χ1v) is 11.6. The molecule has 0 unspecified atom stereocenters. The SMILES string of the molecule is CC(C)(C)c1cc(C(=O)N2CCN(CC(=O)N3CCCC3)CC2)cc(C(C)(C)C)c1O. The highest BCUT2D eigenvalue weighted by Crippen LogP contribution is 2.40. The number of carbonyl (C=O) groups is 2. The number of piperazine rings is 1. The average molecular weight is 430 g/mol. The zero-order valence-electron chi connectivity index (χ0n) is 20.1. The molecule has 2 saturated heterocycles. The van der Waals surface area contributed by atoms with Crippen LogP contribution in [-0.2, 0) is 15.6 Å². The molecule has 1 aromatic rings. The van der Waals surface area contributed by atoms with E-state index >= 15 is 0 Å². The predicted octanol–water partition coefficient (Wildman–Crippen LogP) is 3.37. The molecule has 0 aliphatic carbocycles. The Hall–Kier alpha value is -2.08. The summed E-state index contributed by atoms with van der Waals surface area (Å²) < 4.78 is 0. The van der Waals surface area contributed by atoms with Gasteiger partial charge in [0.05, 0.1) is 6.54 Å². The third kappa shape index (κ3) is 5.40. The first-order valence-electron chi connectivity index (χ1n) is 11.6. The molecule has 2 aliphatic heterocycles. The van der Waals surface area contributed by atoms with E-state index in [1.165, 1.54) is 0 Å². The van der Waals surface area contributed by atoms with Crippen LogP contribution in [-0.4, -0.2) is 77.4 Å². The lowest BCUT2D eigenvalue weighted by molar-refractivity contribution is -0.131. The van der Waals surface area contributed by atoms with Crippen molar-refractivity contribution < 1.29 is 14.7 Å². The summed E-state index contributed by atoms with van der Waals surface area (Å²) in [5.74, 6) is 0.503. The maximum absolute atomic E-state index is 13.4. The molecule has 172 valence electrons. The topological polar surface area (TPSA) is 64.1 Å². The highest BCUT2D eigenvalue weighted by atomic mass is 16.3. The summed E-state index contributed by atoms with van der Waals surface area (Å²) in [6.45, 7) is 17.2. The number of likely N-dealkylation sites (tertiary alicyclic amines) is 1. The monoisotopic (exact) mass is 429 g/mol. The van der Waals surface area contributed by atoms with Gasteiger partial charge in [-0.25, -0.2) is 0 Å². The van der Waals surface area contributed by atoms with Gasteiger partial charge in [-0.15, -0.1) is 0 Å². The maximum Gasteiger partial charge on any atom is 0.253 e. The van der Waals surface area contributed by atoms with E-state index in [-0.39, 0.29) is 22.6 Å². The van der Waals surface area contributed by atoms with Gasteiger partial charge in [0.1, 0.15) is 5.75 Å². The molecule has 2 fully saturated rings. The van der Waals surface area contributed by atoms with Crippen molar-refractivity contribution in [3.63, 3.8) is 0 Å². The lowest BCUT2D eigenvalue weighted by Crippen LogP contribution is -2.51. The van der Waals surface area contributed by atoms with Gasteiger partial charge in [0.2, 0.25) is 5.91 Å². The summed E-state index contributed by atoms with van der Waals surface area (Å²) in [6.07, 6.45) is 2.21. The summed E-state index contributed by atoms with van der Waals surface area (Å²) in [4.78, 5) is 31.8. The fraction of sp³-hybridized carbons (Fsp3) is 0.680. The van der Waals surface area contributed by atoms with Gasteiger partial charge >= 0.3 is 0 Å². The molecule has 0 aromatic heterocycles. The van der Waals surface area contributed by atoms with Crippen molar-refractivity contribution in [3.8, 4) is 5.75 Å². The van der Waals surface area contributed by atoms with Crippen LogP contribution in [0.15, 0.2) is 12.1 Å². The minimum absolute atomic E-state index is 0.00141. The number of carbonyl (C=O) groups excluding carboxylic acids is 2. The van der Waals surface area contributed by atoms with E-state index in [0.29, 0.717) is 44.0 Å². The quantitative estimate of drug-likeness (QED) is 0.800. The van der Waals surface area contributed by atoms with Gasteiger partial charge in [0, 0.05) is 56.0 Å². The standard InChI is InChI=1S/C25H39N3O3/c1-24(2,3)19-15-18(16-20(22(19)30)25(4,5)6)23(31)28-13-11-26(12-14-28)17-21(29)27-9-7-8-10-27/h15-16,30H,7-14,17H2,1-6H3. The van der Waals surface area contributed by atoms with Crippen molar-refractivity contribution >= 4 is 11.8 Å². The molecule has 0 atom stereocenters. The van der Waals surface area contributed by atoms with Crippen LogP contribution in [0.1, 0.15) is 75.9 Å². The van der Waals surface area contributed by atoms with Crippen LogP contribution in [0.3, 0.4) is 0 Å². The minimum atomic E-state index is -0.269. The lowest BCUT2D eigenvalue weighted by Gasteiger charge is -2.35. The average Bonchev–Trinajstić information content (AvgIpc) is 3.21. The van der Waals surface area contributed by atoms with Crippen molar-refractivity contribution in [2.45, 2.75) is 65.2 Å². The summed E-state index contributed by atoms with van der Waals surface area (Å²) in [5, 5.41) is 10.9. The molecule has 31 heavy (non-hydrogen) atoms. The highest BCUT2D eigenvalue weighted by molar-refractivity contribution is 5.95. The normalized spacial score (nSPS) is 18.5. The molecule has 0 bridgehead atoms. The lowest BCUT2D eigenvalue weighted by atomic mass is 9.78. The zero-order chi connectivity index (χ0) is 23.0. The van der Waals surface area contributed by atoms with Crippen LogP contribution in [0.25, 0.3) is 0 Å². The first-order chi connectivity index (χ1) is 14.4. The molecule has 0 spiro atoms. The van der Waals surface area contributed by atoms with Crippen LogP contribution >= 0.6 is 0 Å². The number of phenolic OH excluding ortho intramolecular Hbond substituents is 1. The van der Waals surface area contributed by atoms with Crippen LogP contribution in [0.2, 0.25) is 0 Å². The number of phenols is 1. The van der Waals surface area contributed by atoms with Gasteiger partial charge in [0.25, 0.3) is 5.91 Å². The second kappa shape index (κ2) is 8.81. The Morgan fingerprint density at radius 3 is 1.74 bits per heavy atom. The van der Waals surface area contributed by atoms with Crippen molar-refractivity contribution in [2.75, 3.05) is 45.8 Å². The van der Waals surface area contributed by atoms with Crippen LogP contribution in [0.4, 0.5) is 0 Å². The molecular weight excluding hydrogens is 390 g/mol. The van der Waals surface area contributed by atoms with E-state index in [2.05, 4.69) is 46.4 Å². The van der Waals surface area contributed by atoms with E-state index in [9.17, 15) is 14.7 Å². The Morgan fingerprint density at radius 2 is 1.29 bits per heavy atom. The number of benzene rings is 1. The van der Waals surface area contributed by atoms with Crippen molar-refractivity contribution in [1.82, 2.24) is 14.7 Å². The van der Waals surface area contributed by atoms with Gasteiger partial charge in [-0.3, -0.25) is 14.5 Å². The van der Waals surface area contributed by atoms with E-state index in [1.807, 2.05) is 21.9 Å². The molecular formula is C25H39N3O3. The molecule has 6 nitrogen and oxygen atoms in total. The summed E-state index contributed by atoms with van der Waals surface area (Å²) in [7, 11) is 0. The molecule has 0 saturated carbocycles. The summed E-state index contributed by atoms with van der Waals surface area (Å²) in [6, 6.07) is 3.71. The molecule has 2 amide bonds. The second-order valence-corrected chi connectivity index (χ2v) is 11.1. The first kappa shape index (κ1) is 23.6. The van der Waals surface area contributed by atoms with Gasteiger partial charge in [-0.1, -0.05) is 41.5 Å². The van der Waals surface area contributed by atoms with Crippen LogP contribution < -0.4 is 0 Å². The summed E-state index contributed by atoms with van der Waals surface area (Å²) in [5.41, 5.74) is 1.70. The van der Waals surface area contributed by atoms with Gasteiger partial charge in [0.15, 0.2) is 0 Å². The van der Waals surface area contributed by atoms with Crippen LogP contribution in [0.5, 0.6) is 5.75 Å². The Balaban J connectivity index is 1.72. The molecule has 3 rings (SSSR count). The van der Waals surface area contributed by atoms with Crippen molar-refractivity contribution in [2.24, 2.45) is 0 Å². The molecule has 0 radical (unpaired) electrons. The summed E-state index contributed by atoms with van der Waals surface area (Å²) >= 11 is 0. The number of aromatic hydroxyl groups is 1. The molecule has 1 aromatic carbocycles. The number of hydrogen-bond acceptors (Lipinski definition) is 4. The highest BCUT2D eigenvalue weighted by Gasteiger charge is 2.30.